The Labute approximate surface area is 371 Å². The summed E-state index contributed by atoms with van der Waals surface area (Å²) in [6, 6.07) is 56.0. The molecule has 11 heteroatoms. The summed E-state index contributed by atoms with van der Waals surface area (Å²) >= 11 is 0. The first-order chi connectivity index (χ1) is 31.4. The molecule has 2 aromatic heterocycles. The van der Waals surface area contributed by atoms with Crippen molar-refractivity contribution < 1.29 is 19.1 Å². The van der Waals surface area contributed by atoms with E-state index in [1.54, 1.807) is 31.2 Å². The highest BCUT2D eigenvalue weighted by Gasteiger charge is 2.44. The molecule has 0 saturated carbocycles. The van der Waals surface area contributed by atoms with Crippen LogP contribution < -0.4 is 9.80 Å². The topological polar surface area (TPSA) is 123 Å². The number of benzene rings is 6. The highest BCUT2D eigenvalue weighted by atomic mass is 16.5. The molecule has 11 nitrogen and oxygen atoms in total. The van der Waals surface area contributed by atoms with Crippen molar-refractivity contribution in [3.63, 3.8) is 0 Å². The number of aromatic nitrogens is 5. The molecule has 2 amide bonds. The van der Waals surface area contributed by atoms with Gasteiger partial charge in [-0.05, 0) is 69.3 Å². The largest absolute Gasteiger partial charge is 0.461 e. The molecule has 1 aliphatic rings. The molecule has 0 radical (unpaired) electrons. The molecule has 3 heterocycles. The van der Waals surface area contributed by atoms with E-state index in [0.717, 1.165) is 56.7 Å². The number of esters is 1. The monoisotopic (exact) mass is 843 g/mol. The standard InChI is InChI=1S/C53H45N7O4/c1-3-5-34-58(48-46-45(35-54-47(48)52(63)64-4-2)50(61)59(51(46)62)42-26-16-9-17-27-42)36-37-30-32-38(33-31-37)43-28-18-19-29-44(43)49-55-56-57-60(49)53(39-20-10-6-11-21-39,40-22-12-7-13-23-40)41-24-14-8-15-25-41/h6-33,35H,3-5,34,36H2,1-2H3. The van der Waals surface area contributed by atoms with E-state index in [1.807, 2.05) is 101 Å². The first kappa shape index (κ1) is 41.3. The van der Waals surface area contributed by atoms with Crippen molar-refractivity contribution in [1.82, 2.24) is 25.2 Å². The zero-order valence-electron chi connectivity index (χ0n) is 35.5. The average molecular weight is 844 g/mol. The minimum Gasteiger partial charge on any atom is -0.461 e. The minimum absolute atomic E-state index is 0.00591. The van der Waals surface area contributed by atoms with Crippen LogP contribution in [-0.2, 0) is 16.8 Å². The molecule has 1 aliphatic heterocycles. The molecule has 0 aliphatic carbocycles. The fraction of sp³-hybridized carbons (Fsp3) is 0.151. The number of fused-ring (bicyclic) bond motifs is 1. The number of amides is 2. The zero-order valence-corrected chi connectivity index (χ0v) is 35.5. The van der Waals surface area contributed by atoms with Crippen LogP contribution in [0.3, 0.4) is 0 Å². The van der Waals surface area contributed by atoms with Gasteiger partial charge in [0.15, 0.2) is 11.5 Å². The van der Waals surface area contributed by atoms with Crippen LogP contribution in [0.15, 0.2) is 176 Å². The number of tetrazole rings is 1. The molecule has 0 atom stereocenters. The fourth-order valence-corrected chi connectivity index (χ4v) is 8.72. The smallest absolute Gasteiger partial charge is 0.359 e. The predicted octanol–water partition coefficient (Wildman–Crippen LogP) is 10.0. The van der Waals surface area contributed by atoms with Crippen LogP contribution in [0.5, 0.6) is 0 Å². The van der Waals surface area contributed by atoms with Gasteiger partial charge in [-0.1, -0.05) is 171 Å². The van der Waals surface area contributed by atoms with E-state index in [1.165, 1.54) is 6.20 Å². The first-order valence-corrected chi connectivity index (χ1v) is 21.5. The number of hydrogen-bond donors (Lipinski definition) is 0. The Balaban J connectivity index is 1.12. The van der Waals surface area contributed by atoms with Crippen LogP contribution >= 0.6 is 0 Å². The molecular weight excluding hydrogens is 799 g/mol. The van der Waals surface area contributed by atoms with Gasteiger partial charge in [0.05, 0.1) is 29.1 Å². The summed E-state index contributed by atoms with van der Waals surface area (Å²) < 4.78 is 7.40. The Hall–Kier alpha value is -8.05. The van der Waals surface area contributed by atoms with Gasteiger partial charge in [-0.25, -0.2) is 19.4 Å². The van der Waals surface area contributed by atoms with E-state index < -0.39 is 23.3 Å². The molecule has 8 aromatic rings. The summed E-state index contributed by atoms with van der Waals surface area (Å²) in [5, 5.41) is 13.8. The molecule has 9 rings (SSSR count). The van der Waals surface area contributed by atoms with Crippen molar-refractivity contribution in [2.45, 2.75) is 38.8 Å². The van der Waals surface area contributed by atoms with E-state index in [9.17, 15) is 14.4 Å². The molecule has 0 saturated heterocycles. The Kier molecular flexibility index (Phi) is 11.7. The third-order valence-corrected chi connectivity index (χ3v) is 11.7. The van der Waals surface area contributed by atoms with Gasteiger partial charge in [-0.2, -0.15) is 0 Å². The molecule has 316 valence electrons. The summed E-state index contributed by atoms with van der Waals surface area (Å²) in [6.07, 6.45) is 2.93. The number of carbonyl (C=O) groups excluding carboxylic acids is 3. The van der Waals surface area contributed by atoms with Crippen molar-refractivity contribution in [3.8, 4) is 22.5 Å². The van der Waals surface area contributed by atoms with Gasteiger partial charge >= 0.3 is 5.97 Å². The van der Waals surface area contributed by atoms with E-state index >= 15 is 0 Å². The lowest BCUT2D eigenvalue weighted by Gasteiger charge is -2.36. The van der Waals surface area contributed by atoms with E-state index in [2.05, 4.69) is 71.7 Å². The fourth-order valence-electron chi connectivity index (χ4n) is 8.72. The van der Waals surface area contributed by atoms with Gasteiger partial charge in [-0.15, -0.1) is 5.10 Å². The predicted molar refractivity (Wildman–Crippen MR) is 247 cm³/mol. The highest BCUT2D eigenvalue weighted by molar-refractivity contribution is 6.36. The number of hydrogen-bond acceptors (Lipinski definition) is 9. The third-order valence-electron chi connectivity index (χ3n) is 11.7. The SMILES string of the molecule is CCCCN(Cc1ccc(-c2ccccc2-c2nnnn2C(c2ccccc2)(c2ccccc2)c2ccccc2)cc1)c1c(C(=O)OCC)ncc2c1C(=O)N(c1ccccc1)C2=O. The van der Waals surface area contributed by atoms with Gasteiger partial charge in [0.25, 0.3) is 11.8 Å². The molecule has 6 aromatic carbocycles. The normalized spacial score (nSPS) is 12.3. The summed E-state index contributed by atoms with van der Waals surface area (Å²) in [4.78, 5) is 49.4. The van der Waals surface area contributed by atoms with Crippen LogP contribution in [0.4, 0.5) is 11.4 Å². The number of rotatable bonds is 15. The third kappa shape index (κ3) is 7.40. The molecule has 0 fully saturated rings. The van der Waals surface area contributed by atoms with Crippen molar-refractivity contribution in [2.24, 2.45) is 0 Å². The van der Waals surface area contributed by atoms with Crippen molar-refractivity contribution in [1.29, 1.82) is 0 Å². The second-order valence-corrected chi connectivity index (χ2v) is 15.5. The molecule has 0 N–H and O–H groups in total. The van der Waals surface area contributed by atoms with Gasteiger partial charge in [-0.3, -0.25) is 9.59 Å². The van der Waals surface area contributed by atoms with E-state index in [-0.39, 0.29) is 23.4 Å². The maximum Gasteiger partial charge on any atom is 0.359 e. The summed E-state index contributed by atoms with van der Waals surface area (Å²) in [7, 11) is 0. The minimum atomic E-state index is -0.930. The lowest BCUT2D eigenvalue weighted by molar-refractivity contribution is 0.0519. The number of nitrogens with zero attached hydrogens (tertiary/aromatic N) is 7. The number of imide groups is 1. The molecule has 0 bridgehead atoms. The summed E-state index contributed by atoms with van der Waals surface area (Å²) in [5.74, 6) is -1.08. The molecular formula is C53H45N7O4. The van der Waals surface area contributed by atoms with Crippen LogP contribution in [-0.4, -0.2) is 56.1 Å². The number of carbonyl (C=O) groups is 3. The number of pyridine rings is 1. The van der Waals surface area contributed by atoms with Crippen LogP contribution in [0.25, 0.3) is 22.5 Å². The van der Waals surface area contributed by atoms with Gasteiger partial charge in [0.1, 0.15) is 5.54 Å². The van der Waals surface area contributed by atoms with E-state index in [0.29, 0.717) is 30.3 Å². The Morgan fingerprint density at radius 3 is 1.80 bits per heavy atom. The Morgan fingerprint density at radius 2 is 1.22 bits per heavy atom. The lowest BCUT2D eigenvalue weighted by atomic mass is 9.77. The quantitative estimate of drug-likeness (QED) is 0.0564. The second kappa shape index (κ2) is 18.1. The van der Waals surface area contributed by atoms with Gasteiger partial charge in [0, 0.05) is 24.8 Å². The van der Waals surface area contributed by atoms with Crippen molar-refractivity contribution >= 4 is 29.2 Å². The first-order valence-electron chi connectivity index (χ1n) is 21.5. The summed E-state index contributed by atoms with van der Waals surface area (Å²) in [5.41, 5.74) is 6.70. The number of unbranched alkanes of at least 4 members (excludes halogenated alkanes) is 1. The average Bonchev–Trinajstić information content (AvgIpc) is 3.94. The Morgan fingerprint density at radius 1 is 0.656 bits per heavy atom. The highest BCUT2D eigenvalue weighted by Crippen LogP contribution is 2.44. The van der Waals surface area contributed by atoms with Gasteiger partial charge < -0.3 is 9.64 Å². The number of para-hydroxylation sites is 1. The number of ether oxygens (including phenoxy) is 1. The van der Waals surface area contributed by atoms with E-state index in [4.69, 9.17) is 15.0 Å². The maximum absolute atomic E-state index is 14.3. The van der Waals surface area contributed by atoms with Crippen LogP contribution in [0.2, 0.25) is 0 Å². The summed E-state index contributed by atoms with van der Waals surface area (Å²) in [6.45, 7) is 4.74. The zero-order chi connectivity index (χ0) is 44.0. The van der Waals surface area contributed by atoms with Crippen LogP contribution in [0, 0.1) is 0 Å². The van der Waals surface area contributed by atoms with Crippen molar-refractivity contribution in [3.05, 3.63) is 215 Å². The number of anilines is 2. The lowest BCUT2D eigenvalue weighted by Crippen LogP contribution is -2.39. The second-order valence-electron chi connectivity index (χ2n) is 15.5. The molecule has 0 unspecified atom stereocenters. The van der Waals surface area contributed by atoms with Gasteiger partial charge in [0.2, 0.25) is 0 Å². The Bertz CT molecular complexity index is 2830. The maximum atomic E-state index is 14.3. The van der Waals surface area contributed by atoms with Crippen molar-refractivity contribution in [2.75, 3.05) is 23.0 Å². The van der Waals surface area contributed by atoms with Crippen LogP contribution in [0.1, 0.15) is 80.1 Å². The molecule has 0 spiro atoms. The molecule has 64 heavy (non-hydrogen) atoms.